The van der Waals surface area contributed by atoms with Crippen molar-refractivity contribution in [2.24, 2.45) is 11.8 Å². The normalized spacial score (nSPS) is 19.5. The summed E-state index contributed by atoms with van der Waals surface area (Å²) in [5.74, 6) is -0.811. The molecule has 1 aromatic rings. The Hall–Kier alpha value is -1.91. The van der Waals surface area contributed by atoms with E-state index in [1.165, 1.54) is 12.1 Å². The third kappa shape index (κ3) is 4.83. The first kappa shape index (κ1) is 16.5. The number of hydrogen-bond acceptors (Lipinski definition) is 2. The van der Waals surface area contributed by atoms with E-state index in [1.54, 1.807) is 12.1 Å². The molecule has 1 aliphatic rings. The first-order valence-electron chi connectivity index (χ1n) is 7.91. The molecule has 2 N–H and O–H groups in total. The Labute approximate surface area is 130 Å². The van der Waals surface area contributed by atoms with Gasteiger partial charge in [-0.2, -0.15) is 0 Å². The molecule has 1 aliphatic carbocycles. The second-order valence-electron chi connectivity index (χ2n) is 5.79. The second-order valence-corrected chi connectivity index (χ2v) is 5.79. The molecule has 0 heterocycles. The number of unbranched alkanes of at least 4 members (excludes halogenated alkanes) is 2. The fourth-order valence-corrected chi connectivity index (χ4v) is 2.41. The van der Waals surface area contributed by atoms with Gasteiger partial charge in [-0.25, -0.2) is 4.39 Å². The van der Waals surface area contributed by atoms with Gasteiger partial charge in [0.05, 0.1) is 11.8 Å². The Morgan fingerprint density at radius 2 is 1.73 bits per heavy atom. The summed E-state index contributed by atoms with van der Waals surface area (Å²) in [5, 5.41) is 5.68. The van der Waals surface area contributed by atoms with Crippen molar-refractivity contribution in [1.29, 1.82) is 0 Å². The van der Waals surface area contributed by atoms with Gasteiger partial charge in [0.25, 0.3) is 0 Å². The molecule has 1 fully saturated rings. The van der Waals surface area contributed by atoms with Gasteiger partial charge in [0.15, 0.2) is 0 Å². The fourth-order valence-electron chi connectivity index (χ4n) is 2.41. The molecule has 2 atom stereocenters. The number of amides is 2. The molecule has 0 bridgehead atoms. The van der Waals surface area contributed by atoms with E-state index < -0.39 is 0 Å². The minimum atomic E-state index is -0.294. The molecule has 5 heteroatoms. The summed E-state index contributed by atoms with van der Waals surface area (Å²) in [6.07, 6.45) is 3.82. The molecule has 0 aliphatic heterocycles. The lowest BCUT2D eigenvalue weighted by atomic mass is 10.2. The second kappa shape index (κ2) is 7.92. The van der Waals surface area contributed by atoms with Gasteiger partial charge in [0.2, 0.25) is 11.8 Å². The van der Waals surface area contributed by atoms with Crippen LogP contribution in [0.3, 0.4) is 0 Å². The molecule has 2 rings (SSSR count). The van der Waals surface area contributed by atoms with Gasteiger partial charge in [-0.15, -0.1) is 0 Å². The van der Waals surface area contributed by atoms with Crippen LogP contribution in [0.2, 0.25) is 0 Å². The number of hydrogen-bond donors (Lipinski definition) is 2. The Bertz CT molecular complexity index is 516. The number of nitrogens with one attached hydrogen (secondary N) is 2. The van der Waals surface area contributed by atoms with Crippen LogP contribution < -0.4 is 10.6 Å². The van der Waals surface area contributed by atoms with Gasteiger partial charge in [0.1, 0.15) is 5.82 Å². The smallest absolute Gasteiger partial charge is 0.224 e. The van der Waals surface area contributed by atoms with Gasteiger partial charge in [0, 0.05) is 13.1 Å². The predicted octanol–water partition coefficient (Wildman–Crippen LogP) is 2.38. The van der Waals surface area contributed by atoms with Crippen molar-refractivity contribution in [3.05, 3.63) is 35.6 Å². The number of halogens is 1. The molecule has 4 nitrogen and oxygen atoms in total. The lowest BCUT2D eigenvalue weighted by molar-refractivity contribution is -0.127. The van der Waals surface area contributed by atoms with E-state index in [0.717, 1.165) is 24.8 Å². The first-order chi connectivity index (χ1) is 10.6. The summed E-state index contributed by atoms with van der Waals surface area (Å²) in [4.78, 5) is 23.8. The number of carbonyl (C=O) groups is 2. The van der Waals surface area contributed by atoms with Crippen molar-refractivity contribution < 1.29 is 14.0 Å². The van der Waals surface area contributed by atoms with Gasteiger partial charge in [-0.1, -0.05) is 31.9 Å². The third-order valence-corrected chi connectivity index (χ3v) is 3.92. The Kier molecular flexibility index (Phi) is 5.92. The van der Waals surface area contributed by atoms with E-state index in [2.05, 4.69) is 17.6 Å². The Morgan fingerprint density at radius 1 is 1.09 bits per heavy atom. The minimum absolute atomic E-state index is 0.0157. The van der Waals surface area contributed by atoms with Crippen LogP contribution in [0.25, 0.3) is 0 Å². The van der Waals surface area contributed by atoms with Gasteiger partial charge < -0.3 is 10.6 Å². The highest BCUT2D eigenvalue weighted by Crippen LogP contribution is 2.38. The maximum Gasteiger partial charge on any atom is 0.224 e. The molecular formula is C17H23FN2O2. The largest absolute Gasteiger partial charge is 0.356 e. The fraction of sp³-hybridized carbons (Fsp3) is 0.529. The maximum atomic E-state index is 12.8. The highest BCUT2D eigenvalue weighted by atomic mass is 19.1. The number of carbonyl (C=O) groups excluding carboxylic acids is 2. The molecule has 1 saturated carbocycles. The Balaban J connectivity index is 1.67. The SMILES string of the molecule is CCCCCNC(=O)C1CC1C(=O)NCc1ccc(F)cc1. The summed E-state index contributed by atoms with van der Waals surface area (Å²) in [7, 11) is 0. The summed E-state index contributed by atoms with van der Waals surface area (Å²) in [6, 6.07) is 6.01. The van der Waals surface area contributed by atoms with Crippen molar-refractivity contribution >= 4 is 11.8 Å². The van der Waals surface area contributed by atoms with E-state index >= 15 is 0 Å². The van der Waals surface area contributed by atoms with Crippen LogP contribution in [0.15, 0.2) is 24.3 Å². The van der Waals surface area contributed by atoms with Crippen LogP contribution in [0.5, 0.6) is 0 Å². The zero-order valence-electron chi connectivity index (χ0n) is 12.9. The van der Waals surface area contributed by atoms with Crippen LogP contribution in [-0.4, -0.2) is 18.4 Å². The van der Waals surface area contributed by atoms with Gasteiger partial charge in [-0.05, 0) is 30.5 Å². The summed E-state index contributed by atoms with van der Waals surface area (Å²) < 4.78 is 12.8. The molecular weight excluding hydrogens is 283 g/mol. The minimum Gasteiger partial charge on any atom is -0.356 e. The van der Waals surface area contributed by atoms with Crippen molar-refractivity contribution in [2.45, 2.75) is 39.2 Å². The van der Waals surface area contributed by atoms with E-state index in [-0.39, 0.29) is 29.5 Å². The molecule has 22 heavy (non-hydrogen) atoms. The topological polar surface area (TPSA) is 58.2 Å². The van der Waals surface area contributed by atoms with Crippen LogP contribution in [-0.2, 0) is 16.1 Å². The zero-order valence-corrected chi connectivity index (χ0v) is 12.9. The highest BCUT2D eigenvalue weighted by Gasteiger charge is 2.47. The quantitative estimate of drug-likeness (QED) is 0.725. The van der Waals surface area contributed by atoms with Crippen molar-refractivity contribution in [2.75, 3.05) is 6.54 Å². The van der Waals surface area contributed by atoms with E-state index in [9.17, 15) is 14.0 Å². The highest BCUT2D eigenvalue weighted by molar-refractivity contribution is 5.92. The van der Waals surface area contributed by atoms with Crippen LogP contribution in [0.1, 0.15) is 38.2 Å². The van der Waals surface area contributed by atoms with Crippen molar-refractivity contribution in [3.8, 4) is 0 Å². The molecule has 0 radical (unpaired) electrons. The Morgan fingerprint density at radius 3 is 2.36 bits per heavy atom. The summed E-state index contributed by atoms with van der Waals surface area (Å²) in [6.45, 7) is 3.16. The molecule has 0 aromatic heterocycles. The molecule has 0 saturated heterocycles. The summed E-state index contributed by atoms with van der Waals surface area (Å²) in [5.41, 5.74) is 0.843. The first-order valence-corrected chi connectivity index (χ1v) is 7.91. The zero-order chi connectivity index (χ0) is 15.9. The molecule has 2 unspecified atom stereocenters. The van der Waals surface area contributed by atoms with Gasteiger partial charge in [-0.3, -0.25) is 9.59 Å². The average Bonchev–Trinajstić information content (AvgIpc) is 3.31. The summed E-state index contributed by atoms with van der Waals surface area (Å²) >= 11 is 0. The lowest BCUT2D eigenvalue weighted by Crippen LogP contribution is -2.30. The predicted molar refractivity (Wildman–Crippen MR) is 82.4 cm³/mol. The molecule has 0 spiro atoms. The van der Waals surface area contributed by atoms with Crippen molar-refractivity contribution in [3.63, 3.8) is 0 Å². The van der Waals surface area contributed by atoms with Crippen molar-refractivity contribution in [1.82, 2.24) is 10.6 Å². The molecule has 1 aromatic carbocycles. The van der Waals surface area contributed by atoms with Gasteiger partial charge >= 0.3 is 0 Å². The third-order valence-electron chi connectivity index (χ3n) is 3.92. The van der Waals surface area contributed by atoms with E-state index in [0.29, 0.717) is 19.5 Å². The van der Waals surface area contributed by atoms with Crippen LogP contribution >= 0.6 is 0 Å². The number of benzene rings is 1. The molecule has 120 valence electrons. The van der Waals surface area contributed by atoms with E-state index in [1.807, 2.05) is 0 Å². The lowest BCUT2D eigenvalue weighted by Gasteiger charge is -2.06. The number of rotatable bonds is 8. The van der Waals surface area contributed by atoms with Crippen LogP contribution in [0.4, 0.5) is 4.39 Å². The average molecular weight is 306 g/mol. The monoisotopic (exact) mass is 306 g/mol. The van der Waals surface area contributed by atoms with E-state index in [4.69, 9.17) is 0 Å². The standard InChI is InChI=1S/C17H23FN2O2/c1-2-3-4-9-19-16(21)14-10-15(14)17(22)20-11-12-5-7-13(18)8-6-12/h5-8,14-15H,2-4,9-11H2,1H3,(H,19,21)(H,20,22). The van der Waals surface area contributed by atoms with Crippen LogP contribution in [0, 0.1) is 17.7 Å². The maximum absolute atomic E-state index is 12.8. The molecule has 2 amide bonds.